The van der Waals surface area contributed by atoms with E-state index in [0.717, 1.165) is 29.4 Å². The van der Waals surface area contributed by atoms with E-state index in [4.69, 9.17) is 14.5 Å². The zero-order valence-electron chi connectivity index (χ0n) is 18.0. The molecule has 0 N–H and O–H groups in total. The average molecular weight is 411 g/mol. The van der Waals surface area contributed by atoms with Crippen molar-refractivity contribution in [1.82, 2.24) is 20.0 Å². The van der Waals surface area contributed by atoms with Gasteiger partial charge in [-0.25, -0.2) is 4.98 Å². The van der Waals surface area contributed by atoms with Crippen molar-refractivity contribution < 1.29 is 4.52 Å². The first-order valence-electron chi connectivity index (χ1n) is 10.4. The van der Waals surface area contributed by atoms with Crippen LogP contribution in [0.5, 0.6) is 0 Å². The largest absolute Gasteiger partial charge is 0.338 e. The molecule has 0 amide bonds. The third-order valence-corrected chi connectivity index (χ3v) is 7.24. The fraction of sp³-hybridized carbons (Fsp3) is 0.522. The highest BCUT2D eigenvalue weighted by molar-refractivity contribution is 7.11. The topological polar surface area (TPSA) is 55.1 Å². The van der Waals surface area contributed by atoms with Crippen LogP contribution in [0, 0.1) is 20.8 Å². The first-order valence-corrected chi connectivity index (χ1v) is 11.2. The van der Waals surface area contributed by atoms with E-state index >= 15 is 0 Å². The van der Waals surface area contributed by atoms with Crippen LogP contribution < -0.4 is 0 Å². The summed E-state index contributed by atoms with van der Waals surface area (Å²) in [6, 6.07) is 9.04. The molecule has 154 valence electrons. The third-order valence-electron chi connectivity index (χ3n) is 6.34. The molecule has 0 bridgehead atoms. The highest BCUT2D eigenvalue weighted by Gasteiger charge is 2.41. The maximum absolute atomic E-state index is 5.72. The lowest BCUT2D eigenvalue weighted by molar-refractivity contribution is 0.213. The molecular formula is C23H30N4OS. The number of hydrogen-bond acceptors (Lipinski definition) is 6. The zero-order valence-corrected chi connectivity index (χ0v) is 18.8. The van der Waals surface area contributed by atoms with Gasteiger partial charge in [-0.3, -0.25) is 4.90 Å². The first kappa shape index (κ1) is 20.2. The standard InChI is InChI=1S/C23H30N4OS/c1-15-8-10-19(11-9-15)23(12-6-7-13-23)22-25-20(28-26-22)14-27(5)16(2)21-17(3)29-18(4)24-21/h8-11,16H,6-7,12-14H2,1-5H3/t16-/m0/s1. The van der Waals surface area contributed by atoms with Crippen molar-refractivity contribution in [3.05, 3.63) is 62.7 Å². The Morgan fingerprint density at radius 3 is 2.41 bits per heavy atom. The summed E-state index contributed by atoms with van der Waals surface area (Å²) >= 11 is 1.75. The van der Waals surface area contributed by atoms with Crippen LogP contribution in [0.4, 0.5) is 0 Å². The Labute approximate surface area is 177 Å². The van der Waals surface area contributed by atoms with Crippen molar-refractivity contribution in [2.75, 3.05) is 7.05 Å². The monoisotopic (exact) mass is 410 g/mol. The molecule has 5 nitrogen and oxygen atoms in total. The van der Waals surface area contributed by atoms with Crippen LogP contribution in [0.25, 0.3) is 0 Å². The highest BCUT2D eigenvalue weighted by Crippen LogP contribution is 2.45. The van der Waals surface area contributed by atoms with Crippen LogP contribution in [0.15, 0.2) is 28.8 Å². The molecule has 3 aromatic rings. The summed E-state index contributed by atoms with van der Waals surface area (Å²) in [5.41, 5.74) is 3.62. The van der Waals surface area contributed by atoms with E-state index in [0.29, 0.717) is 12.4 Å². The normalized spacial score (nSPS) is 17.2. The molecule has 1 saturated carbocycles. The Bertz CT molecular complexity index is 969. The number of rotatable bonds is 6. The fourth-order valence-electron chi connectivity index (χ4n) is 4.50. The number of hydrogen-bond donors (Lipinski definition) is 0. The van der Waals surface area contributed by atoms with Gasteiger partial charge in [-0.15, -0.1) is 11.3 Å². The van der Waals surface area contributed by atoms with Crippen molar-refractivity contribution in [1.29, 1.82) is 0 Å². The van der Waals surface area contributed by atoms with E-state index in [1.807, 2.05) is 0 Å². The van der Waals surface area contributed by atoms with E-state index in [2.05, 4.69) is 69.1 Å². The summed E-state index contributed by atoms with van der Waals surface area (Å²) in [6.07, 6.45) is 4.57. The van der Waals surface area contributed by atoms with Crippen LogP contribution in [0.1, 0.15) is 77.1 Å². The summed E-state index contributed by atoms with van der Waals surface area (Å²) in [6.45, 7) is 9.13. The van der Waals surface area contributed by atoms with Crippen molar-refractivity contribution in [2.45, 2.75) is 71.4 Å². The van der Waals surface area contributed by atoms with E-state index in [9.17, 15) is 0 Å². The summed E-state index contributed by atoms with van der Waals surface area (Å²) in [7, 11) is 2.09. The zero-order chi connectivity index (χ0) is 20.6. The molecule has 2 aromatic heterocycles. The summed E-state index contributed by atoms with van der Waals surface area (Å²) < 4.78 is 5.72. The minimum absolute atomic E-state index is 0.109. The molecule has 4 rings (SSSR count). The molecule has 1 aromatic carbocycles. The SMILES string of the molecule is Cc1ccc(C2(c3noc(CN(C)[C@@H](C)c4nc(C)sc4C)n3)CCCC2)cc1. The maximum Gasteiger partial charge on any atom is 0.240 e. The Balaban J connectivity index is 1.55. The lowest BCUT2D eigenvalue weighted by Gasteiger charge is -2.26. The minimum Gasteiger partial charge on any atom is -0.338 e. The molecule has 2 heterocycles. The Hall–Kier alpha value is -2.05. The number of benzene rings is 1. The lowest BCUT2D eigenvalue weighted by Crippen LogP contribution is -2.26. The second-order valence-electron chi connectivity index (χ2n) is 8.43. The van der Waals surface area contributed by atoms with Crippen molar-refractivity contribution in [3.63, 3.8) is 0 Å². The third kappa shape index (κ3) is 3.88. The van der Waals surface area contributed by atoms with Gasteiger partial charge in [0.2, 0.25) is 5.89 Å². The summed E-state index contributed by atoms with van der Waals surface area (Å²) in [4.78, 5) is 13.1. The van der Waals surface area contributed by atoms with Gasteiger partial charge in [-0.05, 0) is 53.1 Å². The minimum atomic E-state index is -0.109. The van der Waals surface area contributed by atoms with Crippen molar-refractivity contribution in [2.24, 2.45) is 0 Å². The number of thiazole rings is 1. The van der Waals surface area contributed by atoms with E-state index in [1.165, 1.54) is 28.8 Å². The molecule has 1 aliphatic carbocycles. The van der Waals surface area contributed by atoms with E-state index in [1.54, 1.807) is 11.3 Å². The second kappa shape index (κ2) is 8.00. The highest BCUT2D eigenvalue weighted by atomic mass is 32.1. The molecule has 6 heteroatoms. The van der Waals surface area contributed by atoms with Crippen LogP contribution in [0.2, 0.25) is 0 Å². The Morgan fingerprint density at radius 2 is 1.79 bits per heavy atom. The predicted octanol–water partition coefficient (Wildman–Crippen LogP) is 5.50. The molecular weight excluding hydrogens is 380 g/mol. The van der Waals surface area contributed by atoms with Gasteiger partial charge in [0, 0.05) is 4.88 Å². The van der Waals surface area contributed by atoms with Gasteiger partial charge < -0.3 is 4.52 Å². The van der Waals surface area contributed by atoms with Crippen LogP contribution in [-0.4, -0.2) is 27.1 Å². The Kier molecular flexibility index (Phi) is 5.58. The van der Waals surface area contributed by atoms with Gasteiger partial charge in [-0.2, -0.15) is 4.98 Å². The molecule has 0 radical (unpaired) electrons. The van der Waals surface area contributed by atoms with Gasteiger partial charge in [-0.1, -0.05) is 47.8 Å². The molecule has 1 aliphatic rings. The van der Waals surface area contributed by atoms with Gasteiger partial charge in [0.1, 0.15) is 0 Å². The van der Waals surface area contributed by atoms with Gasteiger partial charge >= 0.3 is 0 Å². The number of aryl methyl sites for hydroxylation is 3. The van der Waals surface area contributed by atoms with Crippen molar-refractivity contribution >= 4 is 11.3 Å². The second-order valence-corrected chi connectivity index (χ2v) is 9.84. The van der Waals surface area contributed by atoms with Gasteiger partial charge in [0.25, 0.3) is 0 Å². The molecule has 0 aliphatic heterocycles. The predicted molar refractivity (Wildman–Crippen MR) is 116 cm³/mol. The maximum atomic E-state index is 5.72. The van der Waals surface area contributed by atoms with Crippen molar-refractivity contribution in [3.8, 4) is 0 Å². The molecule has 0 spiro atoms. The fourth-order valence-corrected chi connectivity index (χ4v) is 5.41. The van der Waals surface area contributed by atoms with E-state index in [-0.39, 0.29) is 11.5 Å². The van der Waals surface area contributed by atoms with E-state index < -0.39 is 0 Å². The molecule has 1 atom stereocenters. The lowest BCUT2D eigenvalue weighted by atomic mass is 9.78. The van der Waals surface area contributed by atoms with Gasteiger partial charge in [0.15, 0.2) is 5.82 Å². The quantitative estimate of drug-likeness (QED) is 0.537. The molecule has 0 unspecified atom stereocenters. The molecule has 0 saturated heterocycles. The van der Waals surface area contributed by atoms with Crippen LogP contribution >= 0.6 is 11.3 Å². The van der Waals surface area contributed by atoms with Crippen LogP contribution in [-0.2, 0) is 12.0 Å². The summed E-state index contributed by atoms with van der Waals surface area (Å²) in [5.74, 6) is 1.52. The smallest absolute Gasteiger partial charge is 0.240 e. The average Bonchev–Trinajstić information content (AvgIpc) is 3.42. The molecule has 29 heavy (non-hydrogen) atoms. The number of aromatic nitrogens is 3. The first-order chi connectivity index (χ1) is 13.9. The Morgan fingerprint density at radius 1 is 1.10 bits per heavy atom. The summed E-state index contributed by atoms with van der Waals surface area (Å²) in [5, 5.41) is 5.56. The number of nitrogens with zero attached hydrogens (tertiary/aromatic N) is 4. The molecule has 1 fully saturated rings. The van der Waals surface area contributed by atoms with Crippen LogP contribution in [0.3, 0.4) is 0 Å². The van der Waals surface area contributed by atoms with Gasteiger partial charge in [0.05, 0.1) is 28.7 Å².